The van der Waals surface area contributed by atoms with Gasteiger partial charge in [0.2, 0.25) is 0 Å². The largest absolute Gasteiger partial charge is 0.497 e. The molecule has 1 saturated heterocycles. The van der Waals surface area contributed by atoms with E-state index in [0.717, 1.165) is 60.8 Å². The van der Waals surface area contributed by atoms with Gasteiger partial charge < -0.3 is 19.3 Å². The van der Waals surface area contributed by atoms with Crippen LogP contribution in [0.5, 0.6) is 11.5 Å². The third-order valence-corrected chi connectivity index (χ3v) is 6.40. The van der Waals surface area contributed by atoms with Gasteiger partial charge in [-0.05, 0) is 86.8 Å². The standard InChI is InChI=1S/C27H35FN2O2/c1-3-18-32-26-13-12-25(28)24-19-22(21-8-10-23(31-2)11-9-21)20-30(27(24)26)17-7-16-29-14-5-4-6-15-29/h8-13,19H,3-7,14-18,20H2,1-2H3. The van der Waals surface area contributed by atoms with E-state index >= 15 is 4.39 Å². The smallest absolute Gasteiger partial charge is 0.143 e. The van der Waals surface area contributed by atoms with Gasteiger partial charge in [-0.1, -0.05) is 25.5 Å². The minimum atomic E-state index is -0.199. The second kappa shape index (κ2) is 10.9. The molecule has 0 bridgehead atoms. The monoisotopic (exact) mass is 438 g/mol. The average Bonchev–Trinajstić information content (AvgIpc) is 2.84. The summed E-state index contributed by atoms with van der Waals surface area (Å²) in [6.07, 6.45) is 7.93. The second-order valence-corrected chi connectivity index (χ2v) is 8.73. The first-order valence-electron chi connectivity index (χ1n) is 12.0. The Morgan fingerprint density at radius 1 is 0.969 bits per heavy atom. The number of nitrogens with zero attached hydrogens (tertiary/aromatic N) is 2. The van der Waals surface area contributed by atoms with Crippen LogP contribution in [0.3, 0.4) is 0 Å². The molecule has 0 N–H and O–H groups in total. The lowest BCUT2D eigenvalue weighted by Crippen LogP contribution is -2.35. The number of benzene rings is 2. The second-order valence-electron chi connectivity index (χ2n) is 8.73. The van der Waals surface area contributed by atoms with E-state index in [1.54, 1.807) is 13.2 Å². The maximum Gasteiger partial charge on any atom is 0.143 e. The molecule has 0 aromatic heterocycles. The molecule has 0 spiro atoms. The van der Waals surface area contributed by atoms with Gasteiger partial charge >= 0.3 is 0 Å². The van der Waals surface area contributed by atoms with Crippen molar-refractivity contribution in [2.75, 3.05) is 51.3 Å². The Morgan fingerprint density at radius 2 is 1.75 bits per heavy atom. The van der Waals surface area contributed by atoms with Crippen molar-refractivity contribution in [3.05, 3.63) is 53.3 Å². The molecule has 0 radical (unpaired) electrons. The Bertz CT molecular complexity index is 920. The van der Waals surface area contributed by atoms with E-state index < -0.39 is 0 Å². The lowest BCUT2D eigenvalue weighted by atomic mass is 9.96. The summed E-state index contributed by atoms with van der Waals surface area (Å²) in [5, 5.41) is 0. The Kier molecular flexibility index (Phi) is 7.69. The van der Waals surface area contributed by atoms with Crippen molar-refractivity contribution in [1.29, 1.82) is 0 Å². The highest BCUT2D eigenvalue weighted by Gasteiger charge is 2.25. The van der Waals surface area contributed by atoms with Crippen molar-refractivity contribution in [2.24, 2.45) is 0 Å². The summed E-state index contributed by atoms with van der Waals surface area (Å²) < 4.78 is 26.4. The van der Waals surface area contributed by atoms with Crippen molar-refractivity contribution in [1.82, 2.24) is 4.90 Å². The van der Waals surface area contributed by atoms with Crippen LogP contribution in [0.1, 0.15) is 50.2 Å². The van der Waals surface area contributed by atoms with Gasteiger partial charge in [-0.2, -0.15) is 0 Å². The molecule has 2 heterocycles. The molecule has 2 aromatic carbocycles. The van der Waals surface area contributed by atoms with Gasteiger partial charge in [0.1, 0.15) is 17.3 Å². The van der Waals surface area contributed by atoms with Crippen LogP contribution in [0, 0.1) is 5.82 Å². The number of halogens is 1. The number of anilines is 1. The number of hydrogen-bond acceptors (Lipinski definition) is 4. The lowest BCUT2D eigenvalue weighted by molar-refractivity contribution is 0.227. The molecule has 4 nitrogen and oxygen atoms in total. The molecule has 0 unspecified atom stereocenters. The quantitative estimate of drug-likeness (QED) is 0.490. The lowest BCUT2D eigenvalue weighted by Gasteiger charge is -2.34. The van der Waals surface area contributed by atoms with Crippen LogP contribution in [-0.4, -0.2) is 51.3 Å². The van der Waals surface area contributed by atoms with Crippen LogP contribution in [0.15, 0.2) is 36.4 Å². The van der Waals surface area contributed by atoms with E-state index in [1.807, 2.05) is 18.2 Å². The van der Waals surface area contributed by atoms with Crippen LogP contribution in [-0.2, 0) is 0 Å². The van der Waals surface area contributed by atoms with Crippen molar-refractivity contribution in [3.8, 4) is 11.5 Å². The highest BCUT2D eigenvalue weighted by molar-refractivity contribution is 5.93. The summed E-state index contributed by atoms with van der Waals surface area (Å²) in [7, 11) is 1.67. The minimum absolute atomic E-state index is 0.199. The number of hydrogen-bond donors (Lipinski definition) is 0. The topological polar surface area (TPSA) is 24.9 Å². The zero-order valence-corrected chi connectivity index (χ0v) is 19.4. The summed E-state index contributed by atoms with van der Waals surface area (Å²) in [6.45, 7) is 7.84. The van der Waals surface area contributed by atoms with E-state index in [2.05, 4.69) is 28.9 Å². The molecule has 0 amide bonds. The molecule has 0 saturated carbocycles. The third-order valence-electron chi connectivity index (χ3n) is 6.40. The van der Waals surface area contributed by atoms with Crippen LogP contribution in [0.25, 0.3) is 11.6 Å². The van der Waals surface area contributed by atoms with Crippen LogP contribution in [0.2, 0.25) is 0 Å². The predicted molar refractivity (Wildman–Crippen MR) is 130 cm³/mol. The molecule has 2 aliphatic heterocycles. The van der Waals surface area contributed by atoms with E-state index in [1.165, 1.54) is 38.4 Å². The van der Waals surface area contributed by atoms with Gasteiger partial charge in [0.15, 0.2) is 0 Å². The van der Waals surface area contributed by atoms with Gasteiger partial charge in [-0.3, -0.25) is 0 Å². The minimum Gasteiger partial charge on any atom is -0.497 e. The van der Waals surface area contributed by atoms with Crippen LogP contribution < -0.4 is 14.4 Å². The van der Waals surface area contributed by atoms with Gasteiger partial charge in [-0.25, -0.2) is 4.39 Å². The summed E-state index contributed by atoms with van der Waals surface area (Å²) in [5.41, 5.74) is 3.74. The van der Waals surface area contributed by atoms with Crippen LogP contribution >= 0.6 is 0 Å². The molecule has 1 fully saturated rings. The molecular formula is C27H35FN2O2. The van der Waals surface area contributed by atoms with E-state index in [4.69, 9.17) is 9.47 Å². The van der Waals surface area contributed by atoms with E-state index in [0.29, 0.717) is 12.2 Å². The summed E-state index contributed by atoms with van der Waals surface area (Å²) in [5.74, 6) is 1.41. The zero-order chi connectivity index (χ0) is 22.3. The van der Waals surface area contributed by atoms with Gasteiger partial charge in [-0.15, -0.1) is 0 Å². The molecule has 5 heteroatoms. The number of ether oxygens (including phenoxy) is 2. The van der Waals surface area contributed by atoms with Crippen LogP contribution in [0.4, 0.5) is 10.1 Å². The number of rotatable bonds is 9. The Labute approximate surface area is 191 Å². The Hall–Kier alpha value is -2.53. The molecule has 0 aliphatic carbocycles. The van der Waals surface area contributed by atoms with Gasteiger partial charge in [0.25, 0.3) is 0 Å². The van der Waals surface area contributed by atoms with Crippen molar-refractivity contribution >= 4 is 17.3 Å². The van der Waals surface area contributed by atoms with E-state index in [9.17, 15) is 0 Å². The Balaban J connectivity index is 1.61. The SMILES string of the molecule is CCCOc1ccc(F)c2c1N(CCCN1CCCCC1)CC(c1ccc(OC)cc1)=C2. The van der Waals surface area contributed by atoms with Gasteiger partial charge in [0.05, 0.1) is 19.4 Å². The zero-order valence-electron chi connectivity index (χ0n) is 19.4. The fraction of sp³-hybridized carbons (Fsp3) is 0.481. The maximum absolute atomic E-state index is 15.0. The third kappa shape index (κ3) is 5.26. The molecule has 0 atom stereocenters. The van der Waals surface area contributed by atoms with Gasteiger partial charge in [0, 0.05) is 18.7 Å². The maximum atomic E-state index is 15.0. The Morgan fingerprint density at radius 3 is 2.47 bits per heavy atom. The van der Waals surface area contributed by atoms with Crippen molar-refractivity contribution < 1.29 is 13.9 Å². The summed E-state index contributed by atoms with van der Waals surface area (Å²) >= 11 is 0. The fourth-order valence-electron chi connectivity index (χ4n) is 4.70. The molecular weight excluding hydrogens is 403 g/mol. The fourth-order valence-corrected chi connectivity index (χ4v) is 4.70. The number of likely N-dealkylation sites (tertiary alicyclic amines) is 1. The summed E-state index contributed by atoms with van der Waals surface area (Å²) in [6, 6.07) is 11.3. The first kappa shape index (κ1) is 22.7. The average molecular weight is 439 g/mol. The highest BCUT2D eigenvalue weighted by atomic mass is 19.1. The van der Waals surface area contributed by atoms with Crippen molar-refractivity contribution in [3.63, 3.8) is 0 Å². The normalized spacial score (nSPS) is 16.5. The number of piperidine rings is 1. The van der Waals surface area contributed by atoms with Crippen molar-refractivity contribution in [2.45, 2.75) is 39.0 Å². The molecule has 32 heavy (non-hydrogen) atoms. The molecule has 2 aliphatic rings. The van der Waals surface area contributed by atoms with E-state index in [-0.39, 0.29) is 5.82 Å². The first-order valence-corrected chi connectivity index (χ1v) is 12.0. The highest BCUT2D eigenvalue weighted by Crippen LogP contribution is 2.41. The molecule has 2 aromatic rings. The first-order chi connectivity index (χ1) is 15.7. The predicted octanol–water partition coefficient (Wildman–Crippen LogP) is 5.86. The number of methoxy groups -OCH3 is 1. The molecule has 4 rings (SSSR count). The molecule has 172 valence electrons. The number of fused-ring (bicyclic) bond motifs is 1. The summed E-state index contributed by atoms with van der Waals surface area (Å²) in [4.78, 5) is 4.88.